The van der Waals surface area contributed by atoms with Gasteiger partial charge in [0.05, 0.1) is 19.6 Å². The fourth-order valence-corrected chi connectivity index (χ4v) is 4.25. The Morgan fingerprint density at radius 2 is 1.81 bits per heavy atom. The highest BCUT2D eigenvalue weighted by Crippen LogP contribution is 2.37. The lowest BCUT2D eigenvalue weighted by atomic mass is 10.1. The summed E-state index contributed by atoms with van der Waals surface area (Å²) in [5.74, 6) is 0.618. The number of carbonyl (C=O) groups is 1. The van der Waals surface area contributed by atoms with E-state index in [0.717, 1.165) is 23.2 Å². The Balaban J connectivity index is 1.79. The molecule has 1 aromatic heterocycles. The number of hydrogen-bond donors (Lipinski definition) is 1. The van der Waals surface area contributed by atoms with E-state index < -0.39 is 17.4 Å². The molecule has 7 nitrogen and oxygen atoms in total. The van der Waals surface area contributed by atoms with Crippen LogP contribution < -0.4 is 25.0 Å². The van der Waals surface area contributed by atoms with Gasteiger partial charge in [0.1, 0.15) is 5.58 Å². The molecule has 3 aromatic carbocycles. The van der Waals surface area contributed by atoms with Crippen LogP contribution in [0.3, 0.4) is 0 Å². The maximum absolute atomic E-state index is 13.6. The number of para-hydroxylation sites is 1. The second kappa shape index (κ2) is 11.0. The molecule has 1 unspecified atom stereocenters. The molecule has 192 valence electrons. The number of anilines is 1. The molecule has 0 aliphatic heterocycles. The lowest BCUT2D eigenvalue weighted by Crippen LogP contribution is -2.32. The lowest BCUT2D eigenvalue weighted by molar-refractivity contribution is -0.122. The van der Waals surface area contributed by atoms with Gasteiger partial charge in [-0.05, 0) is 67.8 Å². The van der Waals surface area contributed by atoms with Crippen LogP contribution in [0.15, 0.2) is 63.8 Å². The summed E-state index contributed by atoms with van der Waals surface area (Å²) in [6.07, 6.45) is -0.256. The number of methoxy groups -OCH3 is 2. The molecular formula is C29H28ClNO6. The van der Waals surface area contributed by atoms with Gasteiger partial charge in [0.25, 0.3) is 5.91 Å². The summed E-state index contributed by atoms with van der Waals surface area (Å²) in [5, 5.41) is 3.57. The van der Waals surface area contributed by atoms with Gasteiger partial charge < -0.3 is 23.9 Å². The van der Waals surface area contributed by atoms with E-state index in [0.29, 0.717) is 27.7 Å². The van der Waals surface area contributed by atoms with Crippen molar-refractivity contribution < 1.29 is 23.4 Å². The molecule has 0 aliphatic rings. The second-order valence-corrected chi connectivity index (χ2v) is 8.95. The molecule has 8 heteroatoms. The standard InChI is InChI=1S/C29H28ClNO6/c1-6-18-9-7-8-16(2)25(18)31-29(33)17(3)36-28-26(32)21-15-20(30)11-13-22(21)37-27(28)19-10-12-23(34-4)24(14-19)35-5/h7-15,17H,6H2,1-5H3,(H,31,33). The minimum atomic E-state index is -1.01. The SMILES string of the molecule is CCc1cccc(C)c1NC(=O)C(C)Oc1c(-c2ccc(OC)c(OC)c2)oc2ccc(Cl)cc2c1=O. The summed E-state index contributed by atoms with van der Waals surface area (Å²) in [6.45, 7) is 5.53. The van der Waals surface area contributed by atoms with Gasteiger partial charge >= 0.3 is 0 Å². The highest BCUT2D eigenvalue weighted by Gasteiger charge is 2.25. The Labute approximate surface area is 219 Å². The van der Waals surface area contributed by atoms with Crippen LogP contribution in [0.5, 0.6) is 17.2 Å². The van der Waals surface area contributed by atoms with Crippen LogP contribution in [0.25, 0.3) is 22.3 Å². The number of amides is 1. The van der Waals surface area contributed by atoms with Crippen LogP contribution in [0.4, 0.5) is 5.69 Å². The Morgan fingerprint density at radius 3 is 2.51 bits per heavy atom. The van der Waals surface area contributed by atoms with Crippen molar-refractivity contribution >= 4 is 34.2 Å². The Kier molecular flexibility index (Phi) is 7.74. The van der Waals surface area contributed by atoms with E-state index in [2.05, 4.69) is 5.32 Å². The number of carbonyl (C=O) groups excluding carboxylic acids is 1. The topological polar surface area (TPSA) is 87.0 Å². The lowest BCUT2D eigenvalue weighted by Gasteiger charge is -2.19. The largest absolute Gasteiger partial charge is 0.493 e. The third kappa shape index (κ3) is 5.27. The van der Waals surface area contributed by atoms with Crippen molar-refractivity contribution in [1.29, 1.82) is 0 Å². The van der Waals surface area contributed by atoms with Gasteiger partial charge in [-0.1, -0.05) is 36.7 Å². The van der Waals surface area contributed by atoms with Gasteiger partial charge in [-0.3, -0.25) is 9.59 Å². The Hall–Kier alpha value is -3.97. The monoisotopic (exact) mass is 521 g/mol. The molecular weight excluding hydrogens is 494 g/mol. The first kappa shape index (κ1) is 26.1. The van der Waals surface area contributed by atoms with Crippen LogP contribution in [0.2, 0.25) is 5.02 Å². The van der Waals surface area contributed by atoms with Crippen LogP contribution >= 0.6 is 11.6 Å². The molecule has 1 amide bonds. The summed E-state index contributed by atoms with van der Waals surface area (Å²) in [4.78, 5) is 26.8. The van der Waals surface area contributed by atoms with Gasteiger partial charge in [-0.25, -0.2) is 0 Å². The predicted molar refractivity (Wildman–Crippen MR) is 145 cm³/mol. The first-order chi connectivity index (χ1) is 17.8. The van der Waals surface area contributed by atoms with E-state index >= 15 is 0 Å². The zero-order valence-electron chi connectivity index (χ0n) is 21.3. The van der Waals surface area contributed by atoms with E-state index in [4.69, 9.17) is 30.2 Å². The summed E-state index contributed by atoms with van der Waals surface area (Å²) >= 11 is 6.15. The number of rotatable bonds is 8. The van der Waals surface area contributed by atoms with E-state index in [1.165, 1.54) is 20.3 Å². The Bertz CT molecular complexity index is 1530. The van der Waals surface area contributed by atoms with Crippen LogP contribution in [-0.4, -0.2) is 26.2 Å². The first-order valence-corrected chi connectivity index (χ1v) is 12.2. The maximum atomic E-state index is 13.6. The minimum absolute atomic E-state index is 0.106. The van der Waals surface area contributed by atoms with Gasteiger partial charge in [-0.2, -0.15) is 0 Å². The second-order valence-electron chi connectivity index (χ2n) is 8.51. The number of nitrogens with one attached hydrogen (secondary N) is 1. The average molecular weight is 522 g/mol. The zero-order valence-corrected chi connectivity index (χ0v) is 22.1. The molecule has 1 N–H and O–H groups in total. The van der Waals surface area contributed by atoms with E-state index in [9.17, 15) is 9.59 Å². The molecule has 1 atom stereocenters. The fourth-order valence-electron chi connectivity index (χ4n) is 4.08. The van der Waals surface area contributed by atoms with Crippen molar-refractivity contribution in [2.75, 3.05) is 19.5 Å². The molecule has 1 heterocycles. The number of fused-ring (bicyclic) bond motifs is 1. The van der Waals surface area contributed by atoms with Gasteiger partial charge in [0.15, 0.2) is 23.4 Å². The van der Waals surface area contributed by atoms with Crippen molar-refractivity contribution in [3.05, 3.63) is 81.0 Å². The van der Waals surface area contributed by atoms with Gasteiger partial charge in [-0.15, -0.1) is 0 Å². The van der Waals surface area contributed by atoms with E-state index in [1.807, 2.05) is 32.0 Å². The highest BCUT2D eigenvalue weighted by molar-refractivity contribution is 6.31. The van der Waals surface area contributed by atoms with E-state index in [-0.39, 0.29) is 16.9 Å². The molecule has 4 rings (SSSR count). The van der Waals surface area contributed by atoms with Crippen molar-refractivity contribution in [2.45, 2.75) is 33.3 Å². The molecule has 0 bridgehead atoms. The van der Waals surface area contributed by atoms with Gasteiger partial charge in [0, 0.05) is 16.3 Å². The van der Waals surface area contributed by atoms with E-state index in [1.54, 1.807) is 37.3 Å². The number of halogens is 1. The number of benzene rings is 3. The van der Waals surface area contributed by atoms with Crippen molar-refractivity contribution in [3.8, 4) is 28.6 Å². The predicted octanol–water partition coefficient (Wildman–Crippen LogP) is 6.41. The Morgan fingerprint density at radius 1 is 1.05 bits per heavy atom. The van der Waals surface area contributed by atoms with Crippen molar-refractivity contribution in [1.82, 2.24) is 0 Å². The molecule has 0 aliphatic carbocycles. The molecule has 37 heavy (non-hydrogen) atoms. The summed E-state index contributed by atoms with van der Waals surface area (Å²) in [6, 6.07) is 15.7. The number of aryl methyl sites for hydroxylation is 2. The smallest absolute Gasteiger partial charge is 0.265 e. The molecule has 0 fully saturated rings. The summed E-state index contributed by atoms with van der Waals surface area (Å²) in [5.41, 5.74) is 3.08. The normalized spacial score (nSPS) is 11.7. The molecule has 0 saturated heterocycles. The first-order valence-electron chi connectivity index (χ1n) is 11.8. The average Bonchev–Trinajstić information content (AvgIpc) is 2.90. The minimum Gasteiger partial charge on any atom is -0.493 e. The van der Waals surface area contributed by atoms with Gasteiger partial charge in [0.2, 0.25) is 11.2 Å². The van der Waals surface area contributed by atoms with Crippen molar-refractivity contribution in [3.63, 3.8) is 0 Å². The number of hydrogen-bond acceptors (Lipinski definition) is 6. The summed E-state index contributed by atoms with van der Waals surface area (Å²) in [7, 11) is 3.05. The third-order valence-corrected chi connectivity index (χ3v) is 6.34. The quantitative estimate of drug-likeness (QED) is 0.288. The molecule has 0 radical (unpaired) electrons. The maximum Gasteiger partial charge on any atom is 0.265 e. The summed E-state index contributed by atoms with van der Waals surface area (Å²) < 4.78 is 22.9. The van der Waals surface area contributed by atoms with Crippen molar-refractivity contribution in [2.24, 2.45) is 0 Å². The third-order valence-electron chi connectivity index (χ3n) is 6.11. The molecule has 0 saturated carbocycles. The number of ether oxygens (including phenoxy) is 3. The van der Waals surface area contributed by atoms with Crippen LogP contribution in [0.1, 0.15) is 25.0 Å². The van der Waals surface area contributed by atoms with Crippen LogP contribution in [0, 0.1) is 6.92 Å². The fraction of sp³-hybridized carbons (Fsp3) is 0.241. The zero-order chi connectivity index (χ0) is 26.7. The van der Waals surface area contributed by atoms with Crippen LogP contribution in [-0.2, 0) is 11.2 Å². The molecule has 0 spiro atoms. The highest BCUT2D eigenvalue weighted by atomic mass is 35.5. The molecule has 4 aromatic rings.